The van der Waals surface area contributed by atoms with Gasteiger partial charge in [0.1, 0.15) is 11.5 Å². The van der Waals surface area contributed by atoms with Gasteiger partial charge < -0.3 is 20.1 Å². The first-order valence-electron chi connectivity index (χ1n) is 6.02. The Morgan fingerprint density at radius 2 is 2.21 bits per heavy atom. The van der Waals surface area contributed by atoms with Crippen LogP contribution in [0.25, 0.3) is 0 Å². The maximum atomic E-state index is 7.42. The quantitative estimate of drug-likeness (QED) is 0.517. The van der Waals surface area contributed by atoms with Gasteiger partial charge in [0.25, 0.3) is 0 Å². The summed E-state index contributed by atoms with van der Waals surface area (Å²) < 4.78 is 10.3. The summed E-state index contributed by atoms with van der Waals surface area (Å²) in [5.74, 6) is 0.448. The second-order valence-corrected chi connectivity index (χ2v) is 4.15. The number of ether oxygens (including phenoxy) is 2. The zero-order valence-electron chi connectivity index (χ0n) is 11.6. The van der Waals surface area contributed by atoms with Crippen LogP contribution in [0, 0.1) is 5.41 Å². The van der Waals surface area contributed by atoms with Crippen LogP contribution < -0.4 is 10.6 Å². The van der Waals surface area contributed by atoms with Gasteiger partial charge in [-0.1, -0.05) is 0 Å². The van der Waals surface area contributed by atoms with Crippen LogP contribution in [0.1, 0.15) is 12.6 Å². The average Bonchev–Trinajstić information content (AvgIpc) is 2.40. The molecule has 1 rings (SSSR count). The molecule has 1 aromatic rings. The molecule has 1 heterocycles. The Labute approximate surface area is 113 Å². The van der Waals surface area contributed by atoms with Crippen LogP contribution in [0.15, 0.2) is 12.3 Å². The summed E-state index contributed by atoms with van der Waals surface area (Å²) in [6.45, 7) is 3.77. The molecule has 0 aliphatic carbocycles. The summed E-state index contributed by atoms with van der Waals surface area (Å²) >= 11 is 0. The van der Waals surface area contributed by atoms with Crippen molar-refractivity contribution in [1.29, 1.82) is 5.41 Å². The van der Waals surface area contributed by atoms with E-state index < -0.39 is 0 Å². The van der Waals surface area contributed by atoms with E-state index >= 15 is 0 Å². The maximum absolute atomic E-state index is 7.42. The van der Waals surface area contributed by atoms with E-state index in [1.165, 1.54) is 0 Å². The number of aromatic nitrogens is 2. The molecule has 1 atom stereocenters. The predicted octanol–water partition coefficient (Wildman–Crippen LogP) is 0.248. The number of nitrogens with two attached hydrogens (primary N) is 1. The average molecular weight is 267 g/mol. The zero-order chi connectivity index (χ0) is 14.3. The first-order chi connectivity index (χ1) is 9.10. The second kappa shape index (κ2) is 7.65. The van der Waals surface area contributed by atoms with Crippen molar-refractivity contribution in [3.8, 4) is 0 Å². The fourth-order valence-corrected chi connectivity index (χ4v) is 1.68. The largest absolute Gasteiger partial charge is 0.383 e. The van der Waals surface area contributed by atoms with Crippen LogP contribution >= 0.6 is 0 Å². The molecule has 1 aromatic heterocycles. The summed E-state index contributed by atoms with van der Waals surface area (Å²) in [6.07, 6.45) is 1.60. The van der Waals surface area contributed by atoms with Crippen molar-refractivity contribution in [3.63, 3.8) is 0 Å². The number of anilines is 1. The van der Waals surface area contributed by atoms with Gasteiger partial charge in [0.05, 0.1) is 19.3 Å². The Morgan fingerprint density at radius 3 is 2.79 bits per heavy atom. The van der Waals surface area contributed by atoms with E-state index in [4.69, 9.17) is 20.6 Å². The normalized spacial score (nSPS) is 12.2. The standard InChI is InChI=1S/C12H21N5O2/c1-9(8-19-3)17(6-7-18-2)12-15-5-4-10(16-12)11(13)14/h4-5,9H,6-8H2,1-3H3,(H3,13,14). The molecule has 7 heteroatoms. The first kappa shape index (κ1) is 15.3. The first-order valence-corrected chi connectivity index (χ1v) is 6.02. The van der Waals surface area contributed by atoms with Crippen LogP contribution in [0.3, 0.4) is 0 Å². The highest BCUT2D eigenvalue weighted by atomic mass is 16.5. The molecule has 0 radical (unpaired) electrons. The minimum absolute atomic E-state index is 0.0743. The fourth-order valence-electron chi connectivity index (χ4n) is 1.68. The van der Waals surface area contributed by atoms with Crippen LogP contribution in [-0.2, 0) is 9.47 Å². The molecule has 0 aliphatic rings. The number of nitrogen functional groups attached to an aromatic ring is 1. The van der Waals surface area contributed by atoms with E-state index in [1.807, 2.05) is 11.8 Å². The summed E-state index contributed by atoms with van der Waals surface area (Å²) in [5.41, 5.74) is 5.86. The molecule has 0 spiro atoms. The smallest absolute Gasteiger partial charge is 0.226 e. The minimum Gasteiger partial charge on any atom is -0.383 e. The second-order valence-electron chi connectivity index (χ2n) is 4.15. The fraction of sp³-hybridized carbons (Fsp3) is 0.583. The lowest BCUT2D eigenvalue weighted by molar-refractivity contribution is 0.170. The Balaban J connectivity index is 2.95. The number of methoxy groups -OCH3 is 2. The van der Waals surface area contributed by atoms with Gasteiger partial charge in [0.15, 0.2) is 0 Å². The summed E-state index contributed by atoms with van der Waals surface area (Å²) in [6, 6.07) is 1.71. The lowest BCUT2D eigenvalue weighted by atomic mass is 10.3. The van der Waals surface area contributed by atoms with E-state index in [-0.39, 0.29) is 11.9 Å². The Morgan fingerprint density at radius 1 is 1.47 bits per heavy atom. The molecule has 19 heavy (non-hydrogen) atoms. The van der Waals surface area contributed by atoms with Crippen molar-refractivity contribution in [3.05, 3.63) is 18.0 Å². The number of nitrogens with zero attached hydrogens (tertiary/aromatic N) is 3. The van der Waals surface area contributed by atoms with Gasteiger partial charge in [-0.3, -0.25) is 5.41 Å². The zero-order valence-corrected chi connectivity index (χ0v) is 11.6. The van der Waals surface area contributed by atoms with Crippen LogP contribution in [0.4, 0.5) is 5.95 Å². The van der Waals surface area contributed by atoms with Crippen LogP contribution in [0.2, 0.25) is 0 Å². The molecule has 0 aromatic carbocycles. The van der Waals surface area contributed by atoms with Crippen molar-refractivity contribution >= 4 is 11.8 Å². The molecule has 3 N–H and O–H groups in total. The topological polar surface area (TPSA) is 97.4 Å². The SMILES string of the molecule is COCCN(c1nccc(C(=N)N)n1)C(C)COC. The third-order valence-corrected chi connectivity index (χ3v) is 2.65. The van der Waals surface area contributed by atoms with Crippen molar-refractivity contribution in [2.24, 2.45) is 5.73 Å². The molecule has 0 saturated carbocycles. The molecule has 0 aliphatic heterocycles. The molecule has 0 fully saturated rings. The van der Waals surface area contributed by atoms with Gasteiger partial charge in [-0.2, -0.15) is 0 Å². The van der Waals surface area contributed by atoms with Gasteiger partial charge in [0, 0.05) is 27.0 Å². The molecule has 0 amide bonds. The molecule has 0 saturated heterocycles. The molecular weight excluding hydrogens is 246 g/mol. The Bertz CT molecular complexity index is 413. The summed E-state index contributed by atoms with van der Waals surface area (Å²) in [7, 11) is 3.30. The molecule has 0 bridgehead atoms. The number of hydrogen-bond donors (Lipinski definition) is 2. The minimum atomic E-state index is -0.0743. The van der Waals surface area contributed by atoms with Gasteiger partial charge >= 0.3 is 0 Å². The van der Waals surface area contributed by atoms with Gasteiger partial charge in [0.2, 0.25) is 5.95 Å². The van der Waals surface area contributed by atoms with Crippen molar-refractivity contribution in [2.45, 2.75) is 13.0 Å². The number of rotatable bonds is 8. The highest BCUT2D eigenvalue weighted by Crippen LogP contribution is 2.11. The molecular formula is C12H21N5O2. The number of amidine groups is 1. The van der Waals surface area contributed by atoms with E-state index in [9.17, 15) is 0 Å². The monoisotopic (exact) mass is 267 g/mol. The highest BCUT2D eigenvalue weighted by Gasteiger charge is 2.17. The van der Waals surface area contributed by atoms with Gasteiger partial charge in [-0.25, -0.2) is 9.97 Å². The van der Waals surface area contributed by atoms with Crippen LogP contribution in [0.5, 0.6) is 0 Å². The van der Waals surface area contributed by atoms with Crippen molar-refractivity contribution in [2.75, 3.05) is 38.9 Å². The van der Waals surface area contributed by atoms with E-state index in [1.54, 1.807) is 26.5 Å². The molecule has 1 unspecified atom stereocenters. The number of nitrogens with one attached hydrogen (secondary N) is 1. The van der Waals surface area contributed by atoms with Crippen molar-refractivity contribution < 1.29 is 9.47 Å². The lowest BCUT2D eigenvalue weighted by Gasteiger charge is -2.28. The van der Waals surface area contributed by atoms with E-state index in [2.05, 4.69) is 9.97 Å². The summed E-state index contributed by atoms with van der Waals surface area (Å²) in [4.78, 5) is 10.5. The van der Waals surface area contributed by atoms with E-state index in [0.29, 0.717) is 31.4 Å². The van der Waals surface area contributed by atoms with Crippen LogP contribution in [-0.4, -0.2) is 55.8 Å². The van der Waals surface area contributed by atoms with Gasteiger partial charge in [-0.15, -0.1) is 0 Å². The predicted molar refractivity (Wildman–Crippen MR) is 73.6 cm³/mol. The molecule has 106 valence electrons. The van der Waals surface area contributed by atoms with E-state index in [0.717, 1.165) is 0 Å². The number of hydrogen-bond acceptors (Lipinski definition) is 6. The highest BCUT2D eigenvalue weighted by molar-refractivity contribution is 5.93. The summed E-state index contributed by atoms with van der Waals surface area (Å²) in [5, 5.41) is 7.42. The third-order valence-electron chi connectivity index (χ3n) is 2.65. The third kappa shape index (κ3) is 4.46. The molecule has 7 nitrogen and oxygen atoms in total. The van der Waals surface area contributed by atoms with Crippen molar-refractivity contribution in [1.82, 2.24) is 9.97 Å². The van der Waals surface area contributed by atoms with Gasteiger partial charge in [-0.05, 0) is 13.0 Å². The maximum Gasteiger partial charge on any atom is 0.226 e. The Hall–Kier alpha value is -1.73. The Kier molecular flexibility index (Phi) is 6.17. The lowest BCUT2D eigenvalue weighted by Crippen LogP contribution is -2.40.